The number of nitrogens with two attached hydrogens (primary N) is 3. The Morgan fingerprint density at radius 2 is 0.864 bits per heavy atom. The number of aliphatic hydroxyl groups excluding tert-OH is 2. The number of para-hydroxylation sites is 1. The maximum atomic E-state index is 15.0. The molecule has 32 N–H and O–H groups in total. The molecule has 2 aromatic heterocycles. The van der Waals surface area contributed by atoms with E-state index < -0.39 is 247 Å². The van der Waals surface area contributed by atoms with Crippen LogP contribution in [0.3, 0.4) is 0 Å². The summed E-state index contributed by atoms with van der Waals surface area (Å²) in [7, 11) is 0. The number of carboxylic acids is 3. The lowest BCUT2D eigenvalue weighted by Crippen LogP contribution is -2.63. The molecule has 0 aliphatic heterocycles. The normalized spacial score (nSPS) is 14.6. The third kappa shape index (κ3) is 39.7. The molecule has 0 radical (unpaired) electrons. The van der Waals surface area contributed by atoms with Gasteiger partial charge in [0.15, 0.2) is 5.96 Å². The van der Waals surface area contributed by atoms with E-state index in [9.17, 15) is 108 Å². The minimum absolute atomic E-state index is 0.0000516. The first-order chi connectivity index (χ1) is 66.1. The number of hydrogen-bond acceptors (Lipinski definition) is 26. The minimum Gasteiger partial charge on any atom is -0.508 e. The minimum atomic E-state index is -2.01. The van der Waals surface area contributed by atoms with E-state index in [4.69, 9.17) is 32.5 Å². The van der Waals surface area contributed by atoms with Crippen LogP contribution in [0.5, 0.6) is 17.2 Å². The van der Waals surface area contributed by atoms with E-state index in [-0.39, 0.29) is 94.5 Å². The molecule has 0 aliphatic rings. The molecule has 140 heavy (non-hydrogen) atoms. The number of benzene rings is 4. The molecule has 14 amide bonds. The first kappa shape index (κ1) is 116. The summed E-state index contributed by atoms with van der Waals surface area (Å²) in [6.45, 7) is 13.3. The number of carboxylic acid groups (broad SMARTS) is 3. The van der Waals surface area contributed by atoms with Gasteiger partial charge in [-0.25, -0.2) is 9.78 Å². The van der Waals surface area contributed by atoms with Gasteiger partial charge in [0.25, 0.3) is 5.97 Å². The predicted octanol–water partition coefficient (Wildman–Crippen LogP) is -2.91. The lowest BCUT2D eigenvalue weighted by molar-refractivity contribution is -0.142. The van der Waals surface area contributed by atoms with E-state index in [1.54, 1.807) is 84.1 Å². The number of nitrogens with one attached hydrogen (secondary N) is 18. The van der Waals surface area contributed by atoms with Crippen LogP contribution in [0.2, 0.25) is 0 Å². The number of aromatic amines is 2. The lowest BCUT2D eigenvalue weighted by atomic mass is 9.96. The summed E-state index contributed by atoms with van der Waals surface area (Å²) in [5.74, 6) is -21.7. The van der Waals surface area contributed by atoms with Crippen molar-refractivity contribution in [3.05, 3.63) is 144 Å². The van der Waals surface area contributed by atoms with E-state index >= 15 is 4.79 Å². The van der Waals surface area contributed by atoms with Crippen molar-refractivity contribution >= 4 is 117 Å². The fourth-order valence-electron chi connectivity index (χ4n) is 14.4. The molecule has 0 aliphatic carbocycles. The molecule has 0 saturated heterocycles. The summed E-state index contributed by atoms with van der Waals surface area (Å²) in [5.41, 5.74) is 20.2. The molecular formula is C93H134N22O25. The molecule has 16 atom stereocenters. The van der Waals surface area contributed by atoms with Crippen molar-refractivity contribution in [2.75, 3.05) is 26.2 Å². The number of imidazole rings is 1. The number of rotatable bonds is 57. The van der Waals surface area contributed by atoms with Crippen molar-refractivity contribution < 1.29 is 122 Å². The van der Waals surface area contributed by atoms with Gasteiger partial charge in [0.1, 0.15) is 95.8 Å². The second-order valence-electron chi connectivity index (χ2n) is 35.0. The zero-order valence-corrected chi connectivity index (χ0v) is 79.7. The van der Waals surface area contributed by atoms with E-state index in [2.05, 4.69) is 94.7 Å². The fourth-order valence-corrected chi connectivity index (χ4v) is 14.4. The molecule has 0 saturated carbocycles. The van der Waals surface area contributed by atoms with Gasteiger partial charge in [-0.3, -0.25) is 82.1 Å². The van der Waals surface area contributed by atoms with Gasteiger partial charge in [-0.15, -0.1) is 0 Å². The quantitative estimate of drug-likeness (QED) is 0.0103. The number of unbranched alkanes of at least 4 members (excludes halogenated alkanes) is 1. The smallest absolute Gasteiger partial charge is 0.326 e. The van der Waals surface area contributed by atoms with Gasteiger partial charge < -0.3 is 148 Å². The summed E-state index contributed by atoms with van der Waals surface area (Å²) in [6, 6.07) is 1.05. The summed E-state index contributed by atoms with van der Waals surface area (Å²) < 4.78 is 0. The lowest BCUT2D eigenvalue weighted by Gasteiger charge is -2.30. The van der Waals surface area contributed by atoms with Crippen LogP contribution in [0.1, 0.15) is 149 Å². The average molecular weight is 1960 g/mol. The van der Waals surface area contributed by atoms with Crippen LogP contribution in [-0.2, 0) is 114 Å². The Hall–Kier alpha value is -14.9. The van der Waals surface area contributed by atoms with Crippen LogP contribution in [0.15, 0.2) is 116 Å². The number of aliphatic hydroxyl groups is 2. The maximum Gasteiger partial charge on any atom is 0.326 e. The number of aromatic nitrogens is 3. The highest BCUT2D eigenvalue weighted by molar-refractivity contribution is 6.02. The Kier molecular flexibility index (Phi) is 47.9. The van der Waals surface area contributed by atoms with Gasteiger partial charge in [0.05, 0.1) is 43.7 Å². The number of aliphatic carboxylic acids is 3. The zero-order valence-electron chi connectivity index (χ0n) is 79.7. The van der Waals surface area contributed by atoms with Gasteiger partial charge in [0, 0.05) is 62.4 Å². The number of aromatic hydroxyl groups is 3. The number of carbonyl (C=O) groups excluding carboxylic acids is 14. The van der Waals surface area contributed by atoms with E-state index in [1.165, 1.54) is 87.0 Å². The molecule has 0 unspecified atom stereocenters. The van der Waals surface area contributed by atoms with Crippen LogP contribution in [0.25, 0.3) is 10.9 Å². The number of carbonyl (C=O) groups is 17. The molecule has 6 aromatic rings. The van der Waals surface area contributed by atoms with Crippen LogP contribution in [0.4, 0.5) is 0 Å². The van der Waals surface area contributed by atoms with Crippen LogP contribution in [0, 0.1) is 29.1 Å². The second-order valence-corrected chi connectivity index (χ2v) is 35.0. The standard InChI is InChI=1S/C91H130N22O23.C2H4O2/c1-10-49(8)75(88(133)108-69(90(135)136)39-55-42-96-45-100-55)112-84(129)67(38-54-41-98-61-17-12-11-16-59(54)61)105-82(127)68(40-72(120)121)106-80(125)64(34-46(2)3)103-81(126)65(36-52-22-28-57(117)29-23-52)104-78(123)63(19-15-33-97-91(94)95)101-85(130)70(44-114)109-87(132)74(48(6)7)111-79(124)62(18-13-14-32-92)102-89(134)76(50(9)115)113-83(128)66(37-53-24-30-58(118)31-25-53)107-86(131)73(47(4)5)110-71(119)43-99-77(122)60(93)35-51-20-26-56(116)27-21-51;1-2(3)4/h11-12,16-17,20-31,41-42,45-50,60,62-70,73-76,98,114-118H,10,13-15,18-19,32-40,43-44,92-93H2,1-9H3,(H,96,100)(H,99,122)(H,101,130)(H,102,134)(H,103,126)(H,104,123)(H,105,127)(H,106,125)(H,107,131)(H,108,133)(H,109,132)(H,110,119)(H,111,124)(H,112,129)(H,113,128)(H,120,121)(H,135,136)(H4,94,95,97);1H3,(H,3,4)/t49-,50+,60-,62-,63-,64-,65-,66-,67-,68-,69-,70-,73-,74-,75-,76-;/m0./s1. The third-order valence-corrected chi connectivity index (χ3v) is 22.2. The van der Waals surface area contributed by atoms with Gasteiger partial charge >= 0.3 is 11.9 Å². The number of hydrogen-bond donors (Lipinski definition) is 29. The summed E-state index contributed by atoms with van der Waals surface area (Å²) >= 11 is 0. The highest BCUT2D eigenvalue weighted by atomic mass is 16.4. The fraction of sp³-hybridized carbons (Fsp3) is 0.495. The molecule has 0 spiro atoms. The number of phenols is 3. The molecule has 0 fully saturated rings. The summed E-state index contributed by atoms with van der Waals surface area (Å²) in [6.07, 6.45) is 0.241. The largest absolute Gasteiger partial charge is 0.508 e. The zero-order chi connectivity index (χ0) is 104. The molecule has 47 nitrogen and oxygen atoms in total. The van der Waals surface area contributed by atoms with Crippen molar-refractivity contribution in [3.8, 4) is 17.2 Å². The first-order valence-corrected chi connectivity index (χ1v) is 45.7. The molecule has 47 heteroatoms. The molecule has 766 valence electrons. The summed E-state index contributed by atoms with van der Waals surface area (Å²) in [4.78, 5) is 246. The Labute approximate surface area is 807 Å². The highest BCUT2D eigenvalue weighted by Crippen LogP contribution is 2.23. The van der Waals surface area contributed by atoms with E-state index in [0.29, 0.717) is 45.3 Å². The Bertz CT molecular complexity index is 5150. The van der Waals surface area contributed by atoms with Crippen LogP contribution < -0.4 is 97.0 Å². The van der Waals surface area contributed by atoms with Gasteiger partial charge in [-0.05, 0) is 147 Å². The third-order valence-electron chi connectivity index (χ3n) is 22.2. The Morgan fingerprint density at radius 1 is 0.450 bits per heavy atom. The first-order valence-electron chi connectivity index (χ1n) is 45.7. The molecule has 6 rings (SSSR count). The topological polar surface area (TPSA) is 779 Å². The highest BCUT2D eigenvalue weighted by Gasteiger charge is 2.41. The SMILES string of the molecule is CC(=O)O.CC[C@H](C)[C@H](NC(=O)[C@H](Cc1c[nH]c2ccccc12)NC(=O)[C@H](CC(=O)O)NC(=O)[C@H](CC(C)C)NC(=O)[C@H](Cc1ccc(O)cc1)NC(=O)[C@H](CCCNC(=N)N)NC(=O)[C@H](CO)NC(=O)[C@@H](NC(=O)[C@H](CCCCN)NC(=O)[C@@H](NC(=O)[C@H](Cc1ccc(O)cc1)NC(=O)[C@@H](NC(=O)CNC(=O)[C@@H](N)Cc1ccc(O)cc1)C(C)C)[C@@H](C)O)C(C)C)C(=O)N[C@@H](Cc1c[nH]cn1)C(=O)O. The van der Waals surface area contributed by atoms with Crippen molar-refractivity contribution in [2.24, 2.45) is 40.9 Å². The number of phenolic OH excluding ortho intramolecular Hbond substituents is 3. The van der Waals surface area contributed by atoms with Crippen LogP contribution in [-0.4, -0.2) is 279 Å². The van der Waals surface area contributed by atoms with Gasteiger partial charge in [-0.2, -0.15) is 0 Å². The monoisotopic (exact) mass is 1960 g/mol. The number of amides is 14. The molecule has 4 aromatic carbocycles. The van der Waals surface area contributed by atoms with Crippen molar-refractivity contribution in [1.82, 2.24) is 94.7 Å². The number of fused-ring (bicyclic) bond motifs is 1. The predicted molar refractivity (Wildman–Crippen MR) is 508 cm³/mol. The number of guanidine groups is 1. The number of H-pyrrole nitrogens is 2. The second kappa shape index (κ2) is 58.0. The van der Waals surface area contributed by atoms with Crippen molar-refractivity contribution in [3.63, 3.8) is 0 Å². The Morgan fingerprint density at radius 3 is 1.36 bits per heavy atom. The summed E-state index contributed by atoms with van der Waals surface area (Å²) in [5, 5.41) is 126. The molecule has 2 heterocycles. The van der Waals surface area contributed by atoms with Crippen molar-refractivity contribution in [1.29, 1.82) is 5.41 Å². The maximum absolute atomic E-state index is 15.0. The molecular weight excluding hydrogens is 1830 g/mol. The van der Waals surface area contributed by atoms with Gasteiger partial charge in [0.2, 0.25) is 82.7 Å². The van der Waals surface area contributed by atoms with E-state index in [1.807, 2.05) is 0 Å². The van der Waals surface area contributed by atoms with Crippen LogP contribution >= 0.6 is 0 Å². The molecule has 0 bridgehead atoms. The Balaban J connectivity index is 0.00000847. The van der Waals surface area contributed by atoms with Gasteiger partial charge in [-0.1, -0.05) is 116 Å². The van der Waals surface area contributed by atoms with E-state index in [0.717, 1.165) is 13.8 Å². The average Bonchev–Trinajstić information content (AvgIpc) is 1.64. The van der Waals surface area contributed by atoms with Crippen molar-refractivity contribution in [2.45, 2.75) is 243 Å². The number of nitrogens with zero attached hydrogens (tertiary/aromatic N) is 1.